The first-order valence-corrected chi connectivity index (χ1v) is 4.76. The lowest BCUT2D eigenvalue weighted by Gasteiger charge is -2.05. The Morgan fingerprint density at radius 2 is 1.94 bits per heavy atom. The van der Waals surface area contributed by atoms with Crippen LogP contribution in [0.3, 0.4) is 0 Å². The molecule has 3 heteroatoms. The van der Waals surface area contributed by atoms with Gasteiger partial charge in [-0.3, -0.25) is 0 Å². The third-order valence-electron chi connectivity index (χ3n) is 2.32. The number of halogens is 1. The molecule has 2 N–H and O–H groups in total. The molecule has 0 saturated heterocycles. The Kier molecular flexibility index (Phi) is 2.57. The summed E-state index contributed by atoms with van der Waals surface area (Å²) in [5, 5.41) is 8.78. The van der Waals surface area contributed by atoms with Gasteiger partial charge in [0, 0.05) is 11.3 Å². The summed E-state index contributed by atoms with van der Waals surface area (Å²) in [6, 6.07) is 13.3. The van der Waals surface area contributed by atoms with E-state index in [0.29, 0.717) is 11.3 Å². The lowest BCUT2D eigenvalue weighted by Crippen LogP contribution is -1.91. The number of nitrogen functional groups attached to an aromatic ring is 1. The van der Waals surface area contributed by atoms with Crippen molar-refractivity contribution in [3.8, 4) is 17.2 Å². The molecule has 0 radical (unpaired) electrons. The molecule has 2 aromatic carbocycles. The molecule has 2 rings (SSSR count). The molecule has 0 aliphatic carbocycles. The van der Waals surface area contributed by atoms with E-state index in [-0.39, 0.29) is 5.82 Å². The summed E-state index contributed by atoms with van der Waals surface area (Å²) in [5.41, 5.74) is 8.20. The Hall–Kier alpha value is -2.34. The summed E-state index contributed by atoms with van der Waals surface area (Å²) in [6.45, 7) is 0. The van der Waals surface area contributed by atoms with Crippen molar-refractivity contribution in [1.29, 1.82) is 5.26 Å². The summed E-state index contributed by atoms with van der Waals surface area (Å²) in [4.78, 5) is 0. The van der Waals surface area contributed by atoms with Crippen molar-refractivity contribution >= 4 is 5.69 Å². The molecule has 0 amide bonds. The van der Waals surface area contributed by atoms with E-state index in [0.717, 1.165) is 11.1 Å². The van der Waals surface area contributed by atoms with Crippen molar-refractivity contribution in [3.05, 3.63) is 53.8 Å². The fourth-order valence-corrected chi connectivity index (χ4v) is 1.55. The van der Waals surface area contributed by atoms with Crippen LogP contribution in [0.4, 0.5) is 10.1 Å². The predicted molar refractivity (Wildman–Crippen MR) is 61.0 cm³/mol. The van der Waals surface area contributed by atoms with Gasteiger partial charge in [0.2, 0.25) is 0 Å². The molecule has 0 saturated carbocycles. The number of nitrogens with zero attached hydrogens (tertiary/aromatic N) is 1. The minimum absolute atomic E-state index is 0.363. The topological polar surface area (TPSA) is 49.8 Å². The molecular weight excluding hydrogens is 203 g/mol. The number of nitrogens with two attached hydrogens (primary N) is 1. The van der Waals surface area contributed by atoms with E-state index in [2.05, 4.69) is 6.07 Å². The predicted octanol–water partition coefficient (Wildman–Crippen LogP) is 2.95. The molecule has 0 fully saturated rings. The first-order chi connectivity index (χ1) is 7.70. The van der Waals surface area contributed by atoms with E-state index in [9.17, 15) is 4.39 Å². The van der Waals surface area contributed by atoms with Gasteiger partial charge in [-0.15, -0.1) is 0 Å². The number of hydrogen-bond donors (Lipinski definition) is 1. The van der Waals surface area contributed by atoms with E-state index in [1.165, 1.54) is 12.1 Å². The van der Waals surface area contributed by atoms with Crippen LogP contribution in [-0.2, 0) is 0 Å². The molecule has 2 aromatic rings. The Labute approximate surface area is 92.8 Å². The van der Waals surface area contributed by atoms with E-state index in [1.807, 2.05) is 6.07 Å². The molecular formula is C13H9FN2. The lowest BCUT2D eigenvalue weighted by molar-refractivity contribution is 0.628. The number of benzene rings is 2. The Morgan fingerprint density at radius 1 is 1.12 bits per heavy atom. The quantitative estimate of drug-likeness (QED) is 0.739. The SMILES string of the molecule is N#Cc1cccc(-c2ccc(F)cc2N)c1. The lowest BCUT2D eigenvalue weighted by atomic mass is 10.0. The van der Waals surface area contributed by atoms with Gasteiger partial charge in [-0.05, 0) is 35.9 Å². The molecule has 0 aromatic heterocycles. The maximum Gasteiger partial charge on any atom is 0.125 e. The highest BCUT2D eigenvalue weighted by atomic mass is 19.1. The third-order valence-corrected chi connectivity index (χ3v) is 2.32. The van der Waals surface area contributed by atoms with Gasteiger partial charge in [-0.25, -0.2) is 4.39 Å². The van der Waals surface area contributed by atoms with Crippen LogP contribution in [0.15, 0.2) is 42.5 Å². The van der Waals surface area contributed by atoms with Crippen molar-refractivity contribution in [3.63, 3.8) is 0 Å². The van der Waals surface area contributed by atoms with Crippen molar-refractivity contribution in [2.75, 3.05) is 5.73 Å². The monoisotopic (exact) mass is 212 g/mol. The molecule has 2 nitrogen and oxygen atoms in total. The smallest absolute Gasteiger partial charge is 0.125 e. The van der Waals surface area contributed by atoms with Crippen LogP contribution in [-0.4, -0.2) is 0 Å². The maximum atomic E-state index is 12.9. The molecule has 0 unspecified atom stereocenters. The first-order valence-electron chi connectivity index (χ1n) is 4.76. The second-order valence-electron chi connectivity index (χ2n) is 3.42. The standard InChI is InChI=1S/C13H9FN2/c14-11-4-5-12(13(16)7-11)10-3-1-2-9(6-10)8-15/h1-7H,16H2. The van der Waals surface area contributed by atoms with Crippen molar-refractivity contribution in [2.45, 2.75) is 0 Å². The number of nitriles is 1. The zero-order chi connectivity index (χ0) is 11.5. The maximum absolute atomic E-state index is 12.9. The highest BCUT2D eigenvalue weighted by Crippen LogP contribution is 2.26. The van der Waals surface area contributed by atoms with E-state index in [4.69, 9.17) is 11.0 Å². The number of anilines is 1. The molecule has 0 atom stereocenters. The van der Waals surface area contributed by atoms with Crippen LogP contribution in [0.25, 0.3) is 11.1 Å². The van der Waals surface area contributed by atoms with Gasteiger partial charge in [-0.1, -0.05) is 12.1 Å². The van der Waals surface area contributed by atoms with Gasteiger partial charge in [0.05, 0.1) is 11.6 Å². The Morgan fingerprint density at radius 3 is 2.62 bits per heavy atom. The zero-order valence-corrected chi connectivity index (χ0v) is 8.44. The van der Waals surface area contributed by atoms with Crippen LogP contribution >= 0.6 is 0 Å². The second kappa shape index (κ2) is 4.03. The highest BCUT2D eigenvalue weighted by molar-refractivity contribution is 5.76. The van der Waals surface area contributed by atoms with Gasteiger partial charge in [0.25, 0.3) is 0 Å². The summed E-state index contributed by atoms with van der Waals surface area (Å²) < 4.78 is 12.9. The third kappa shape index (κ3) is 1.86. The van der Waals surface area contributed by atoms with Crippen LogP contribution in [0.5, 0.6) is 0 Å². The second-order valence-corrected chi connectivity index (χ2v) is 3.42. The van der Waals surface area contributed by atoms with Crippen molar-refractivity contribution < 1.29 is 4.39 Å². The van der Waals surface area contributed by atoms with Crippen LogP contribution in [0.1, 0.15) is 5.56 Å². The average molecular weight is 212 g/mol. The Balaban J connectivity index is 2.55. The molecule has 0 aliphatic rings. The summed E-state index contributed by atoms with van der Waals surface area (Å²) in [6.07, 6.45) is 0. The van der Waals surface area contributed by atoms with E-state index >= 15 is 0 Å². The fraction of sp³-hybridized carbons (Fsp3) is 0. The molecule has 78 valence electrons. The minimum atomic E-state index is -0.363. The van der Waals surface area contributed by atoms with Gasteiger partial charge >= 0.3 is 0 Å². The number of hydrogen-bond acceptors (Lipinski definition) is 2. The van der Waals surface area contributed by atoms with Crippen LogP contribution in [0, 0.1) is 17.1 Å². The van der Waals surface area contributed by atoms with Gasteiger partial charge in [0.1, 0.15) is 5.82 Å². The largest absolute Gasteiger partial charge is 0.398 e. The Bertz CT molecular complexity index is 570. The summed E-state index contributed by atoms with van der Waals surface area (Å²) in [5.74, 6) is -0.363. The summed E-state index contributed by atoms with van der Waals surface area (Å²) in [7, 11) is 0. The zero-order valence-electron chi connectivity index (χ0n) is 8.44. The average Bonchev–Trinajstić information content (AvgIpc) is 2.29. The molecule has 0 heterocycles. The van der Waals surface area contributed by atoms with Crippen LogP contribution < -0.4 is 5.73 Å². The van der Waals surface area contributed by atoms with Crippen molar-refractivity contribution in [1.82, 2.24) is 0 Å². The van der Waals surface area contributed by atoms with Crippen LogP contribution in [0.2, 0.25) is 0 Å². The molecule has 16 heavy (non-hydrogen) atoms. The van der Waals surface area contributed by atoms with E-state index in [1.54, 1.807) is 24.3 Å². The van der Waals surface area contributed by atoms with Gasteiger partial charge < -0.3 is 5.73 Å². The molecule has 0 spiro atoms. The molecule has 0 aliphatic heterocycles. The van der Waals surface area contributed by atoms with E-state index < -0.39 is 0 Å². The first kappa shape index (κ1) is 10.2. The van der Waals surface area contributed by atoms with Gasteiger partial charge in [0.15, 0.2) is 0 Å². The number of rotatable bonds is 1. The normalized spacial score (nSPS) is 9.75. The minimum Gasteiger partial charge on any atom is -0.398 e. The van der Waals surface area contributed by atoms with Gasteiger partial charge in [-0.2, -0.15) is 5.26 Å². The summed E-state index contributed by atoms with van der Waals surface area (Å²) >= 11 is 0. The molecule has 0 bridgehead atoms. The fourth-order valence-electron chi connectivity index (χ4n) is 1.55. The highest BCUT2D eigenvalue weighted by Gasteiger charge is 2.04. The van der Waals surface area contributed by atoms with Crippen molar-refractivity contribution in [2.24, 2.45) is 0 Å².